The van der Waals surface area contributed by atoms with Gasteiger partial charge in [0.2, 0.25) is 0 Å². The van der Waals surface area contributed by atoms with E-state index in [9.17, 15) is 4.79 Å². The summed E-state index contributed by atoms with van der Waals surface area (Å²) in [5, 5.41) is 9.40. The monoisotopic (exact) mass is 254 g/mol. The lowest BCUT2D eigenvalue weighted by Crippen LogP contribution is -2.03. The van der Waals surface area contributed by atoms with E-state index in [-0.39, 0.29) is 11.3 Å². The molecule has 0 aliphatic rings. The van der Waals surface area contributed by atoms with Crippen molar-refractivity contribution in [2.75, 3.05) is 5.73 Å². The van der Waals surface area contributed by atoms with E-state index in [1.54, 1.807) is 0 Å². The Balaban J connectivity index is 2.29. The maximum atomic E-state index is 10.8. The van der Waals surface area contributed by atoms with Gasteiger partial charge in [0.25, 0.3) is 0 Å². The smallest absolute Gasteiger partial charge is 0.337 e. The number of nitrogens with two attached hydrogens (primary N) is 1. The SMILES string of the molecule is Nc1cnc(Sc2ncns2)cc1C(=O)O. The molecule has 2 aromatic rings. The zero-order chi connectivity index (χ0) is 11.5. The molecule has 6 nitrogen and oxygen atoms in total. The van der Waals surface area contributed by atoms with Gasteiger partial charge in [0.05, 0.1) is 17.4 Å². The third kappa shape index (κ3) is 2.28. The van der Waals surface area contributed by atoms with Crippen LogP contribution in [0.3, 0.4) is 0 Å². The number of nitrogens with zero attached hydrogens (tertiary/aromatic N) is 3. The standard InChI is InChI=1S/C8H6N4O2S2/c9-5-2-10-6(1-4(5)7(13)14)15-8-11-3-12-16-8/h1-3H,9H2,(H,13,14). The first-order valence-corrected chi connectivity index (χ1v) is 5.69. The van der Waals surface area contributed by atoms with E-state index in [0.29, 0.717) is 9.37 Å². The molecule has 0 aliphatic carbocycles. The van der Waals surface area contributed by atoms with E-state index in [1.165, 1.54) is 41.9 Å². The van der Waals surface area contributed by atoms with Crippen LogP contribution in [0.2, 0.25) is 0 Å². The van der Waals surface area contributed by atoms with Crippen molar-refractivity contribution < 1.29 is 9.90 Å². The third-order valence-corrected chi connectivity index (χ3v) is 3.32. The average molecular weight is 254 g/mol. The highest BCUT2D eigenvalue weighted by Crippen LogP contribution is 2.28. The summed E-state index contributed by atoms with van der Waals surface area (Å²) in [6.45, 7) is 0. The molecular formula is C8H6N4O2S2. The molecule has 3 N–H and O–H groups in total. The molecule has 16 heavy (non-hydrogen) atoms. The molecule has 2 heterocycles. The Morgan fingerprint density at radius 2 is 2.31 bits per heavy atom. The number of carboxylic acids is 1. The Morgan fingerprint density at radius 1 is 1.50 bits per heavy atom. The Hall–Kier alpha value is -1.67. The highest BCUT2D eigenvalue weighted by molar-refractivity contribution is 8.00. The number of hydrogen-bond acceptors (Lipinski definition) is 7. The zero-order valence-corrected chi connectivity index (χ0v) is 9.46. The Bertz CT molecular complexity index is 515. The number of nitrogen functional groups attached to an aromatic ring is 1. The third-order valence-electron chi connectivity index (χ3n) is 1.67. The lowest BCUT2D eigenvalue weighted by atomic mass is 10.2. The first-order valence-electron chi connectivity index (χ1n) is 4.10. The summed E-state index contributed by atoms with van der Waals surface area (Å²) in [6, 6.07) is 1.42. The van der Waals surface area contributed by atoms with Gasteiger partial charge in [-0.3, -0.25) is 0 Å². The van der Waals surface area contributed by atoms with Crippen molar-refractivity contribution in [1.29, 1.82) is 0 Å². The van der Waals surface area contributed by atoms with Crippen LogP contribution in [0, 0.1) is 0 Å². The number of pyridine rings is 1. The molecule has 0 unspecified atom stereocenters. The van der Waals surface area contributed by atoms with Gasteiger partial charge >= 0.3 is 5.97 Å². The molecule has 0 aromatic carbocycles. The number of hydrogen-bond donors (Lipinski definition) is 2. The summed E-state index contributed by atoms with van der Waals surface area (Å²) < 4.78 is 4.54. The predicted molar refractivity (Wildman–Crippen MR) is 59.6 cm³/mol. The molecule has 0 fully saturated rings. The Labute approximate surface area is 98.7 Å². The first-order chi connectivity index (χ1) is 7.66. The van der Waals surface area contributed by atoms with Gasteiger partial charge in [0.1, 0.15) is 11.4 Å². The molecule has 0 saturated carbocycles. The summed E-state index contributed by atoms with van der Waals surface area (Å²) >= 11 is 2.47. The highest BCUT2D eigenvalue weighted by atomic mass is 32.2. The van der Waals surface area contributed by atoms with Crippen LogP contribution in [-0.4, -0.2) is 25.4 Å². The van der Waals surface area contributed by atoms with E-state index in [0.717, 1.165) is 0 Å². The second-order valence-electron chi connectivity index (χ2n) is 2.72. The molecule has 0 atom stereocenters. The van der Waals surface area contributed by atoms with Crippen LogP contribution in [0.5, 0.6) is 0 Å². The van der Waals surface area contributed by atoms with E-state index in [4.69, 9.17) is 10.8 Å². The molecule has 2 rings (SSSR count). The number of carbonyl (C=O) groups is 1. The summed E-state index contributed by atoms with van der Waals surface area (Å²) in [5.41, 5.74) is 5.68. The van der Waals surface area contributed by atoms with Crippen LogP contribution in [0.25, 0.3) is 0 Å². The zero-order valence-electron chi connectivity index (χ0n) is 7.82. The molecule has 8 heteroatoms. The van der Waals surface area contributed by atoms with Crippen molar-refractivity contribution in [3.8, 4) is 0 Å². The van der Waals surface area contributed by atoms with E-state index >= 15 is 0 Å². The minimum atomic E-state index is -1.07. The largest absolute Gasteiger partial charge is 0.478 e. The fourth-order valence-corrected chi connectivity index (χ4v) is 2.36. The fraction of sp³-hybridized carbons (Fsp3) is 0. The van der Waals surface area contributed by atoms with Crippen molar-refractivity contribution >= 4 is 35.0 Å². The molecule has 82 valence electrons. The molecule has 0 spiro atoms. The summed E-state index contributed by atoms with van der Waals surface area (Å²) in [5.74, 6) is -1.07. The van der Waals surface area contributed by atoms with Crippen molar-refractivity contribution in [2.45, 2.75) is 9.37 Å². The number of carboxylic acid groups (broad SMARTS) is 1. The number of aromatic nitrogens is 3. The van der Waals surface area contributed by atoms with Crippen LogP contribution in [-0.2, 0) is 0 Å². The van der Waals surface area contributed by atoms with Crippen molar-refractivity contribution in [2.24, 2.45) is 0 Å². The summed E-state index contributed by atoms with van der Waals surface area (Å²) in [4.78, 5) is 18.8. The van der Waals surface area contributed by atoms with E-state index in [2.05, 4.69) is 14.3 Å². The van der Waals surface area contributed by atoms with Crippen LogP contribution >= 0.6 is 23.3 Å². The van der Waals surface area contributed by atoms with Crippen molar-refractivity contribution in [1.82, 2.24) is 14.3 Å². The number of anilines is 1. The van der Waals surface area contributed by atoms with Crippen LogP contribution in [0.15, 0.2) is 28.0 Å². The Kier molecular flexibility index (Phi) is 3.02. The molecule has 0 radical (unpaired) electrons. The molecule has 0 aliphatic heterocycles. The first kappa shape index (κ1) is 10.8. The van der Waals surface area contributed by atoms with Crippen LogP contribution < -0.4 is 5.73 Å². The fourth-order valence-electron chi connectivity index (χ4n) is 0.985. The quantitative estimate of drug-likeness (QED) is 0.852. The van der Waals surface area contributed by atoms with Crippen LogP contribution in [0.1, 0.15) is 10.4 Å². The van der Waals surface area contributed by atoms with Gasteiger partial charge in [0.15, 0.2) is 4.34 Å². The second kappa shape index (κ2) is 4.45. The van der Waals surface area contributed by atoms with Gasteiger partial charge in [-0.05, 0) is 29.4 Å². The molecule has 2 aromatic heterocycles. The van der Waals surface area contributed by atoms with Crippen molar-refractivity contribution in [3.05, 3.63) is 24.2 Å². The van der Waals surface area contributed by atoms with Crippen LogP contribution in [0.4, 0.5) is 5.69 Å². The summed E-state index contributed by atoms with van der Waals surface area (Å²) in [7, 11) is 0. The topological polar surface area (TPSA) is 102 Å². The normalized spacial score (nSPS) is 10.2. The van der Waals surface area contributed by atoms with Gasteiger partial charge in [-0.2, -0.15) is 4.37 Å². The molecule has 0 saturated heterocycles. The second-order valence-corrected chi connectivity index (χ2v) is 4.77. The number of rotatable bonds is 3. The molecular weight excluding hydrogens is 248 g/mol. The van der Waals surface area contributed by atoms with Crippen molar-refractivity contribution in [3.63, 3.8) is 0 Å². The van der Waals surface area contributed by atoms with Gasteiger partial charge in [-0.25, -0.2) is 14.8 Å². The average Bonchev–Trinajstić information content (AvgIpc) is 2.73. The lowest BCUT2D eigenvalue weighted by Gasteiger charge is -2.02. The van der Waals surface area contributed by atoms with E-state index in [1.807, 2.05) is 0 Å². The minimum Gasteiger partial charge on any atom is -0.478 e. The lowest BCUT2D eigenvalue weighted by molar-refractivity contribution is 0.0697. The number of aromatic carboxylic acids is 1. The molecule has 0 bridgehead atoms. The predicted octanol–water partition coefficient (Wildman–Crippen LogP) is 1.36. The summed E-state index contributed by atoms with van der Waals surface area (Å²) in [6.07, 6.45) is 2.76. The highest BCUT2D eigenvalue weighted by Gasteiger charge is 2.11. The molecule has 0 amide bonds. The van der Waals surface area contributed by atoms with E-state index < -0.39 is 5.97 Å². The maximum absolute atomic E-state index is 10.8. The van der Waals surface area contributed by atoms with Gasteiger partial charge in [0, 0.05) is 0 Å². The van der Waals surface area contributed by atoms with Gasteiger partial charge < -0.3 is 10.8 Å². The van der Waals surface area contributed by atoms with Gasteiger partial charge in [-0.15, -0.1) is 0 Å². The van der Waals surface area contributed by atoms with Gasteiger partial charge in [-0.1, -0.05) is 0 Å². The maximum Gasteiger partial charge on any atom is 0.337 e. The minimum absolute atomic E-state index is 0.0435. The Morgan fingerprint density at radius 3 is 2.94 bits per heavy atom.